The second-order valence-corrected chi connectivity index (χ2v) is 14.6. The van der Waals surface area contributed by atoms with Crippen molar-refractivity contribution < 1.29 is 28.7 Å². The van der Waals surface area contributed by atoms with Crippen LogP contribution in [0.1, 0.15) is 79.8 Å². The van der Waals surface area contributed by atoms with E-state index in [9.17, 15) is 14.4 Å². The number of esters is 1. The van der Waals surface area contributed by atoms with Gasteiger partial charge in [-0.25, -0.2) is 4.79 Å². The summed E-state index contributed by atoms with van der Waals surface area (Å²) in [5, 5.41) is 0. The van der Waals surface area contributed by atoms with Crippen LogP contribution in [0, 0.1) is 23.2 Å². The zero-order chi connectivity index (χ0) is 33.4. The van der Waals surface area contributed by atoms with E-state index in [2.05, 4.69) is 0 Å². The summed E-state index contributed by atoms with van der Waals surface area (Å²) < 4.78 is 11.3. The number of methoxy groups -OCH3 is 1. The van der Waals surface area contributed by atoms with Gasteiger partial charge in [0.25, 0.3) is 0 Å². The molecule has 1 heterocycles. The van der Waals surface area contributed by atoms with Crippen LogP contribution < -0.4 is 9.64 Å². The fourth-order valence-corrected chi connectivity index (χ4v) is 9.65. The maximum absolute atomic E-state index is 15.3. The fourth-order valence-electron chi connectivity index (χ4n) is 9.65. The second-order valence-electron chi connectivity index (χ2n) is 14.6. The molecule has 8 heteroatoms. The van der Waals surface area contributed by atoms with Crippen LogP contribution in [0.25, 0.3) is 0 Å². The summed E-state index contributed by atoms with van der Waals surface area (Å²) in [5.74, 6) is 0.610. The Labute approximate surface area is 282 Å². The standard InChI is InChI=1S/C40H44N2O6/c1-26(43)42-35(39(46)48-25-28-11-7-4-8-12-28)19-37(44)33-18-32(47-2)13-14-34(33)41(24-27-9-5-3-6-10-27)38(45)36(42)23-40-20-29-15-30(21-40)17-31(16-29)22-40/h3-14,18,29-31,35-36H,15-17,19-25H2,1-2H3/t29?,30?,31?,35-,36+,40?/m0/s1. The minimum atomic E-state index is -1.27. The smallest absolute Gasteiger partial charge is 0.329 e. The topological polar surface area (TPSA) is 93.2 Å². The summed E-state index contributed by atoms with van der Waals surface area (Å²) in [6.07, 6.45) is 6.97. The number of Topliss-reactive ketones (excluding diaryl/α,β-unsaturated/α-hetero) is 1. The van der Waals surface area contributed by atoms with Crippen LogP contribution in [0.3, 0.4) is 0 Å². The Morgan fingerprint density at radius 3 is 2.02 bits per heavy atom. The average Bonchev–Trinajstić information content (AvgIpc) is 3.11. The van der Waals surface area contributed by atoms with Crippen molar-refractivity contribution in [2.45, 2.75) is 83.5 Å². The third kappa shape index (κ3) is 6.37. The van der Waals surface area contributed by atoms with E-state index in [0.717, 1.165) is 30.4 Å². The zero-order valence-electron chi connectivity index (χ0n) is 27.8. The van der Waals surface area contributed by atoms with Crippen molar-refractivity contribution in [3.63, 3.8) is 0 Å². The number of nitrogens with zero attached hydrogens (tertiary/aromatic N) is 2. The van der Waals surface area contributed by atoms with Gasteiger partial charge in [0.1, 0.15) is 24.4 Å². The van der Waals surface area contributed by atoms with Gasteiger partial charge < -0.3 is 19.3 Å². The van der Waals surface area contributed by atoms with Crippen molar-refractivity contribution in [2.24, 2.45) is 23.2 Å². The van der Waals surface area contributed by atoms with Gasteiger partial charge in [-0.3, -0.25) is 14.4 Å². The van der Waals surface area contributed by atoms with Gasteiger partial charge in [0.2, 0.25) is 11.8 Å². The highest BCUT2D eigenvalue weighted by Crippen LogP contribution is 2.62. The molecule has 4 fully saturated rings. The molecular weight excluding hydrogens is 604 g/mol. The first-order valence-corrected chi connectivity index (χ1v) is 17.3. The molecule has 4 aliphatic carbocycles. The summed E-state index contributed by atoms with van der Waals surface area (Å²) in [7, 11) is 1.52. The van der Waals surface area contributed by atoms with Gasteiger partial charge in [-0.1, -0.05) is 60.7 Å². The van der Waals surface area contributed by atoms with Crippen LogP contribution in [0.2, 0.25) is 0 Å². The summed E-state index contributed by atoms with van der Waals surface area (Å²) in [6.45, 7) is 1.60. The monoisotopic (exact) mass is 648 g/mol. The third-order valence-electron chi connectivity index (χ3n) is 11.2. The van der Waals surface area contributed by atoms with Crippen molar-refractivity contribution >= 4 is 29.3 Å². The normalized spacial score (nSPS) is 27.9. The van der Waals surface area contributed by atoms with Crippen LogP contribution in [0.5, 0.6) is 5.75 Å². The molecule has 2 atom stereocenters. The molecule has 5 aliphatic rings. The molecule has 0 aromatic heterocycles. The van der Waals surface area contributed by atoms with E-state index in [0.29, 0.717) is 35.6 Å². The molecule has 2 amide bonds. The first-order valence-electron chi connectivity index (χ1n) is 17.3. The quantitative estimate of drug-likeness (QED) is 0.251. The highest BCUT2D eigenvalue weighted by Gasteiger charge is 2.54. The molecule has 250 valence electrons. The SMILES string of the molecule is COc1ccc2c(c1)C(=O)C[C@@H](C(=O)OCc1ccccc1)N(C(C)=O)[C@H](CC13CC4CC(CC(C4)C1)C3)C(=O)N2Cc1ccccc1. The highest BCUT2D eigenvalue weighted by atomic mass is 16.5. The molecule has 4 bridgehead atoms. The number of anilines is 1. The summed E-state index contributed by atoms with van der Waals surface area (Å²) in [4.78, 5) is 60.7. The lowest BCUT2D eigenvalue weighted by molar-refractivity contribution is -0.161. The van der Waals surface area contributed by atoms with Gasteiger partial charge in [0, 0.05) is 18.9 Å². The number of amides is 2. The van der Waals surface area contributed by atoms with Crippen LogP contribution in [0.4, 0.5) is 5.69 Å². The molecule has 3 aromatic carbocycles. The predicted molar refractivity (Wildman–Crippen MR) is 181 cm³/mol. The highest BCUT2D eigenvalue weighted by molar-refractivity contribution is 6.10. The van der Waals surface area contributed by atoms with Gasteiger partial charge in [-0.15, -0.1) is 0 Å². The number of carbonyl (C=O) groups is 4. The number of hydrogen-bond donors (Lipinski definition) is 0. The summed E-state index contributed by atoms with van der Waals surface area (Å²) in [6, 6.07) is 21.9. The van der Waals surface area contributed by atoms with Crippen molar-refractivity contribution in [3.8, 4) is 5.75 Å². The van der Waals surface area contributed by atoms with Gasteiger partial charge in [-0.2, -0.15) is 0 Å². The number of ketones is 1. The van der Waals surface area contributed by atoms with Crippen molar-refractivity contribution in [3.05, 3.63) is 95.6 Å². The van der Waals surface area contributed by atoms with Gasteiger partial charge >= 0.3 is 5.97 Å². The third-order valence-corrected chi connectivity index (χ3v) is 11.2. The van der Waals surface area contributed by atoms with E-state index >= 15 is 4.79 Å². The Bertz CT molecular complexity index is 1650. The van der Waals surface area contributed by atoms with Crippen LogP contribution in [-0.4, -0.2) is 47.7 Å². The Morgan fingerprint density at radius 2 is 1.44 bits per heavy atom. The Kier molecular flexibility index (Phi) is 8.84. The van der Waals surface area contributed by atoms with E-state index in [1.165, 1.54) is 38.2 Å². The predicted octanol–water partition coefficient (Wildman–Crippen LogP) is 6.75. The Balaban J connectivity index is 1.34. The molecule has 0 N–H and O–H groups in total. The zero-order valence-corrected chi connectivity index (χ0v) is 27.8. The second kappa shape index (κ2) is 13.2. The van der Waals surface area contributed by atoms with Crippen molar-refractivity contribution in [2.75, 3.05) is 12.0 Å². The van der Waals surface area contributed by atoms with Crippen LogP contribution in [0.15, 0.2) is 78.9 Å². The number of ether oxygens (including phenoxy) is 2. The Hall–Kier alpha value is -4.46. The average molecular weight is 649 g/mol. The van der Waals surface area contributed by atoms with E-state index < -0.39 is 24.0 Å². The molecule has 0 unspecified atom stereocenters. The molecule has 0 spiro atoms. The van der Waals surface area contributed by atoms with Gasteiger partial charge in [0.05, 0.1) is 19.3 Å². The molecular formula is C40H44N2O6. The molecule has 4 saturated carbocycles. The number of hydrogen-bond acceptors (Lipinski definition) is 6. The van der Waals surface area contributed by atoms with Crippen LogP contribution in [-0.2, 0) is 32.3 Å². The maximum atomic E-state index is 15.3. The lowest BCUT2D eigenvalue weighted by Crippen LogP contribution is -2.59. The minimum absolute atomic E-state index is 0.00571. The van der Waals surface area contributed by atoms with E-state index in [1.54, 1.807) is 23.1 Å². The number of rotatable bonds is 8. The number of carbonyl (C=O) groups excluding carboxylic acids is 4. The van der Waals surface area contributed by atoms with E-state index in [4.69, 9.17) is 9.47 Å². The largest absolute Gasteiger partial charge is 0.497 e. The van der Waals surface area contributed by atoms with Gasteiger partial charge in [0.15, 0.2) is 5.78 Å². The first-order chi connectivity index (χ1) is 23.2. The van der Waals surface area contributed by atoms with Crippen molar-refractivity contribution in [1.29, 1.82) is 0 Å². The molecule has 8 rings (SSSR count). The summed E-state index contributed by atoms with van der Waals surface area (Å²) >= 11 is 0. The fraction of sp³-hybridized carbons (Fsp3) is 0.450. The molecule has 48 heavy (non-hydrogen) atoms. The minimum Gasteiger partial charge on any atom is -0.497 e. The number of fused-ring (bicyclic) bond motifs is 1. The molecule has 3 aromatic rings. The molecule has 0 saturated heterocycles. The molecule has 8 nitrogen and oxygen atoms in total. The first kappa shape index (κ1) is 32.1. The Morgan fingerprint density at radius 1 is 0.833 bits per heavy atom. The van der Waals surface area contributed by atoms with Gasteiger partial charge in [-0.05, 0) is 97.4 Å². The van der Waals surface area contributed by atoms with E-state index in [1.807, 2.05) is 60.7 Å². The maximum Gasteiger partial charge on any atom is 0.329 e. The molecule has 0 radical (unpaired) electrons. The lowest BCUT2D eigenvalue weighted by atomic mass is 9.48. The summed E-state index contributed by atoms with van der Waals surface area (Å²) in [5.41, 5.74) is 2.31. The van der Waals surface area contributed by atoms with Crippen molar-refractivity contribution in [1.82, 2.24) is 4.90 Å². The van der Waals surface area contributed by atoms with E-state index in [-0.39, 0.29) is 42.2 Å². The number of benzene rings is 3. The van der Waals surface area contributed by atoms with Crippen LogP contribution >= 0.6 is 0 Å². The lowest BCUT2D eigenvalue weighted by Gasteiger charge is -2.58. The molecule has 1 aliphatic heterocycles.